The van der Waals surface area contributed by atoms with Crippen molar-refractivity contribution in [3.63, 3.8) is 0 Å². The highest BCUT2D eigenvalue weighted by Crippen LogP contribution is 2.39. The third-order valence-electron chi connectivity index (χ3n) is 4.95. The second kappa shape index (κ2) is 10.6. The zero-order valence-electron chi connectivity index (χ0n) is 17.8. The van der Waals surface area contributed by atoms with Crippen molar-refractivity contribution in [2.45, 2.75) is 18.6 Å². The van der Waals surface area contributed by atoms with Crippen LogP contribution >= 0.6 is 46.6 Å². The van der Waals surface area contributed by atoms with E-state index in [0.29, 0.717) is 44.9 Å². The maximum absolute atomic E-state index is 13.2. The average Bonchev–Trinajstić information content (AvgIpc) is 3.09. The first-order chi connectivity index (χ1) is 16.6. The predicted octanol–water partition coefficient (Wildman–Crippen LogP) is 5.94. The Bertz CT molecular complexity index is 1330. The second-order valence-corrected chi connectivity index (χ2v) is 9.85. The third-order valence-corrected chi connectivity index (χ3v) is 6.97. The molecule has 0 saturated heterocycles. The Hall–Kier alpha value is -1.95. The number of aliphatic hydroxyl groups excluding tert-OH is 1. The number of fused-ring (bicyclic) bond motifs is 1. The molecule has 0 amide bonds. The van der Waals surface area contributed by atoms with Gasteiger partial charge >= 0.3 is 6.18 Å². The van der Waals surface area contributed by atoms with E-state index < -0.39 is 17.8 Å². The lowest BCUT2D eigenvalue weighted by Gasteiger charge is -2.14. The van der Waals surface area contributed by atoms with Crippen LogP contribution in [0.5, 0.6) is 5.75 Å². The van der Waals surface area contributed by atoms with Gasteiger partial charge in [0.05, 0.1) is 39.0 Å². The molecule has 4 rings (SSSR count). The Kier molecular flexibility index (Phi) is 7.89. The number of ether oxygens (including phenoxy) is 1. The SMILES string of the molecule is NC(CO)COc1cc(Cl)c(C2=NCCC=C(c3cn4cc(C(F)(F)F)cc(Cl)c4n3)S2)cc1Cl. The number of alkyl halides is 3. The van der Waals surface area contributed by atoms with E-state index in [1.54, 1.807) is 12.1 Å². The number of benzene rings is 1. The minimum atomic E-state index is -4.53. The molecule has 0 saturated carbocycles. The fourth-order valence-electron chi connectivity index (χ4n) is 3.22. The van der Waals surface area contributed by atoms with Crippen LogP contribution in [0.15, 0.2) is 41.7 Å². The van der Waals surface area contributed by atoms with Gasteiger partial charge in [-0.2, -0.15) is 13.2 Å². The molecule has 3 aromatic rings. The molecular weight excluding hydrogens is 548 g/mol. The number of hydrogen-bond donors (Lipinski definition) is 2. The van der Waals surface area contributed by atoms with E-state index in [2.05, 4.69) is 9.98 Å². The molecule has 186 valence electrons. The second-order valence-electron chi connectivity index (χ2n) is 7.59. The summed E-state index contributed by atoms with van der Waals surface area (Å²) in [4.78, 5) is 9.72. The van der Waals surface area contributed by atoms with Crippen molar-refractivity contribution < 1.29 is 23.0 Å². The van der Waals surface area contributed by atoms with Crippen LogP contribution in [0.2, 0.25) is 15.1 Å². The molecule has 0 aliphatic carbocycles. The molecule has 1 atom stereocenters. The van der Waals surface area contributed by atoms with Crippen LogP contribution in [0.3, 0.4) is 0 Å². The maximum atomic E-state index is 13.2. The van der Waals surface area contributed by atoms with Crippen LogP contribution in [0, 0.1) is 0 Å². The lowest BCUT2D eigenvalue weighted by Crippen LogP contribution is -2.31. The highest BCUT2D eigenvalue weighted by molar-refractivity contribution is 8.22. The van der Waals surface area contributed by atoms with Crippen molar-refractivity contribution in [3.05, 3.63) is 68.6 Å². The fourth-order valence-corrected chi connectivity index (χ4v) is 5.04. The number of rotatable bonds is 6. The molecule has 6 nitrogen and oxygen atoms in total. The number of imidazole rings is 1. The molecule has 13 heteroatoms. The number of pyridine rings is 1. The molecule has 1 aliphatic heterocycles. The van der Waals surface area contributed by atoms with Gasteiger partial charge in [0.15, 0.2) is 5.65 Å². The van der Waals surface area contributed by atoms with Gasteiger partial charge in [-0.1, -0.05) is 52.6 Å². The van der Waals surface area contributed by atoms with Crippen LogP contribution < -0.4 is 10.5 Å². The first-order valence-electron chi connectivity index (χ1n) is 10.2. The molecule has 0 spiro atoms. The van der Waals surface area contributed by atoms with Crippen molar-refractivity contribution >= 4 is 62.2 Å². The van der Waals surface area contributed by atoms with E-state index >= 15 is 0 Å². The van der Waals surface area contributed by atoms with Crippen molar-refractivity contribution in [1.82, 2.24) is 9.38 Å². The highest BCUT2D eigenvalue weighted by atomic mass is 35.5. The Morgan fingerprint density at radius 3 is 2.63 bits per heavy atom. The molecule has 3 heterocycles. The average molecular weight is 566 g/mol. The topological polar surface area (TPSA) is 85.1 Å². The number of aromatic nitrogens is 2. The van der Waals surface area contributed by atoms with Crippen LogP contribution in [-0.4, -0.2) is 45.3 Å². The number of aliphatic hydroxyl groups is 1. The van der Waals surface area contributed by atoms with Crippen LogP contribution in [0.4, 0.5) is 13.2 Å². The molecule has 0 bridgehead atoms. The first-order valence-corrected chi connectivity index (χ1v) is 12.2. The van der Waals surface area contributed by atoms with Crippen molar-refractivity contribution in [1.29, 1.82) is 0 Å². The largest absolute Gasteiger partial charge is 0.490 e. The van der Waals surface area contributed by atoms with Gasteiger partial charge in [-0.25, -0.2) is 4.98 Å². The predicted molar refractivity (Wildman–Crippen MR) is 134 cm³/mol. The number of nitrogens with zero attached hydrogens (tertiary/aromatic N) is 3. The zero-order chi connectivity index (χ0) is 25.3. The lowest BCUT2D eigenvalue weighted by molar-refractivity contribution is -0.137. The summed E-state index contributed by atoms with van der Waals surface area (Å²) in [6, 6.07) is 3.46. The molecule has 35 heavy (non-hydrogen) atoms. The van der Waals surface area contributed by atoms with Gasteiger partial charge in [-0.05, 0) is 18.6 Å². The molecule has 1 aliphatic rings. The smallest absolute Gasteiger partial charge is 0.417 e. The summed E-state index contributed by atoms with van der Waals surface area (Å²) in [6.45, 7) is 0.286. The zero-order valence-corrected chi connectivity index (χ0v) is 20.9. The number of thioether (sulfide) groups is 1. The molecular formula is C22H18Cl3F3N4O2S. The van der Waals surface area contributed by atoms with Gasteiger partial charge < -0.3 is 20.0 Å². The van der Waals surface area contributed by atoms with Gasteiger partial charge in [0, 0.05) is 35.5 Å². The summed E-state index contributed by atoms with van der Waals surface area (Å²) < 4.78 is 46.3. The lowest BCUT2D eigenvalue weighted by atomic mass is 10.2. The summed E-state index contributed by atoms with van der Waals surface area (Å²) in [5, 5.41) is 10.1. The van der Waals surface area contributed by atoms with Gasteiger partial charge in [0.1, 0.15) is 17.4 Å². The maximum Gasteiger partial charge on any atom is 0.417 e. The van der Waals surface area contributed by atoms with Crippen molar-refractivity contribution in [2.75, 3.05) is 19.8 Å². The van der Waals surface area contributed by atoms with E-state index in [0.717, 1.165) is 12.3 Å². The molecule has 1 unspecified atom stereocenters. The van der Waals surface area contributed by atoms with Crippen molar-refractivity contribution in [2.24, 2.45) is 10.7 Å². The van der Waals surface area contributed by atoms with E-state index in [1.165, 1.54) is 22.4 Å². The number of halogens is 6. The summed E-state index contributed by atoms with van der Waals surface area (Å²) in [6.07, 6.45) is 0.409. The fraction of sp³-hybridized carbons (Fsp3) is 0.273. The molecule has 0 fully saturated rings. The van der Waals surface area contributed by atoms with E-state index in [1.807, 2.05) is 6.08 Å². The van der Waals surface area contributed by atoms with Gasteiger partial charge in [0.25, 0.3) is 0 Å². The Morgan fingerprint density at radius 1 is 1.14 bits per heavy atom. The van der Waals surface area contributed by atoms with E-state index in [9.17, 15) is 13.2 Å². The van der Waals surface area contributed by atoms with Crippen LogP contribution in [0.1, 0.15) is 23.2 Å². The highest BCUT2D eigenvalue weighted by Gasteiger charge is 2.32. The monoisotopic (exact) mass is 564 g/mol. The van der Waals surface area contributed by atoms with Crippen molar-refractivity contribution in [3.8, 4) is 5.75 Å². The number of nitrogens with two attached hydrogens (primary N) is 1. The minimum Gasteiger partial charge on any atom is -0.490 e. The molecule has 3 N–H and O–H groups in total. The Balaban J connectivity index is 1.63. The Morgan fingerprint density at radius 2 is 1.91 bits per heavy atom. The van der Waals surface area contributed by atoms with Gasteiger partial charge in [-0.3, -0.25) is 4.99 Å². The number of aliphatic imine (C=N–C) groups is 1. The standard InChI is InChI=1S/C22H18Cl3F3N4O2S/c23-14-6-18(34-10-12(29)9-33)15(24)5-13(14)21-30-3-1-2-19(35-21)17-8-32-7-11(22(26,27)28)4-16(25)20(32)31-17/h2,4-8,12,33H,1,3,9-10,29H2. The molecule has 0 radical (unpaired) electrons. The molecule has 2 aromatic heterocycles. The summed E-state index contributed by atoms with van der Waals surface area (Å²) in [7, 11) is 0. The third kappa shape index (κ3) is 5.90. The summed E-state index contributed by atoms with van der Waals surface area (Å²) in [5.41, 5.74) is 6.02. The quantitative estimate of drug-likeness (QED) is 0.387. The molecule has 1 aromatic carbocycles. The normalized spacial score (nSPS) is 15.5. The van der Waals surface area contributed by atoms with Crippen LogP contribution in [0.25, 0.3) is 10.6 Å². The number of hydrogen-bond acceptors (Lipinski definition) is 6. The van der Waals surface area contributed by atoms with Gasteiger partial charge in [-0.15, -0.1) is 0 Å². The van der Waals surface area contributed by atoms with E-state index in [-0.39, 0.29) is 28.9 Å². The minimum absolute atomic E-state index is 0.0565. The van der Waals surface area contributed by atoms with Crippen LogP contribution in [-0.2, 0) is 6.18 Å². The van der Waals surface area contributed by atoms with Gasteiger partial charge in [0.2, 0.25) is 0 Å². The Labute approximate surface area is 217 Å². The summed E-state index contributed by atoms with van der Waals surface area (Å²) in [5.74, 6) is 0.315. The summed E-state index contributed by atoms with van der Waals surface area (Å²) >= 11 is 20.2. The first kappa shape index (κ1) is 26.1. The van der Waals surface area contributed by atoms with E-state index in [4.69, 9.17) is 50.4 Å².